The number of nitrogens with one attached hydrogen (secondary N) is 1. The van der Waals surface area contributed by atoms with Crippen molar-refractivity contribution in [3.05, 3.63) is 76.7 Å². The van der Waals surface area contributed by atoms with Crippen LogP contribution >= 0.6 is 11.8 Å². The molecule has 4 rings (SSSR count). The Labute approximate surface area is 198 Å². The summed E-state index contributed by atoms with van der Waals surface area (Å²) < 4.78 is 5.28. The van der Waals surface area contributed by atoms with Crippen LogP contribution < -0.4 is 5.32 Å². The van der Waals surface area contributed by atoms with Gasteiger partial charge in [0, 0.05) is 34.8 Å². The normalized spacial score (nSPS) is 16.0. The van der Waals surface area contributed by atoms with Gasteiger partial charge in [-0.2, -0.15) is 0 Å². The highest BCUT2D eigenvalue weighted by Gasteiger charge is 2.24. The number of aromatic nitrogens is 1. The van der Waals surface area contributed by atoms with Gasteiger partial charge in [0.25, 0.3) is 11.8 Å². The summed E-state index contributed by atoms with van der Waals surface area (Å²) in [6.45, 7) is 6.71. The van der Waals surface area contributed by atoms with Crippen molar-refractivity contribution < 1.29 is 14.1 Å². The molecule has 2 amide bonds. The molecule has 172 valence electrons. The minimum atomic E-state index is -0.182. The van der Waals surface area contributed by atoms with Gasteiger partial charge in [-0.3, -0.25) is 9.59 Å². The Morgan fingerprint density at radius 1 is 1.15 bits per heavy atom. The number of rotatable bonds is 6. The van der Waals surface area contributed by atoms with E-state index < -0.39 is 0 Å². The Kier molecular flexibility index (Phi) is 7.18. The van der Waals surface area contributed by atoms with Gasteiger partial charge in [0.05, 0.1) is 17.0 Å². The van der Waals surface area contributed by atoms with Gasteiger partial charge < -0.3 is 14.7 Å². The first-order chi connectivity index (χ1) is 15.9. The molecule has 6 nitrogen and oxygen atoms in total. The molecule has 0 saturated carbocycles. The molecule has 1 atom stereocenters. The number of hydrogen-bond donors (Lipinski definition) is 1. The number of nitrogens with zero attached hydrogens (tertiary/aromatic N) is 2. The minimum Gasteiger partial charge on any atom is -0.360 e. The third kappa shape index (κ3) is 5.47. The highest BCUT2D eigenvalue weighted by molar-refractivity contribution is 7.98. The molecule has 0 bridgehead atoms. The maximum absolute atomic E-state index is 13.1. The predicted octanol–water partition coefficient (Wildman–Crippen LogP) is 5.85. The van der Waals surface area contributed by atoms with Gasteiger partial charge in [-0.05, 0) is 75.9 Å². The van der Waals surface area contributed by atoms with E-state index in [0.717, 1.165) is 41.3 Å². The van der Waals surface area contributed by atoms with Gasteiger partial charge in [0.15, 0.2) is 0 Å². The topological polar surface area (TPSA) is 75.4 Å². The Morgan fingerprint density at radius 2 is 1.97 bits per heavy atom. The molecule has 3 aromatic rings. The van der Waals surface area contributed by atoms with Gasteiger partial charge in [0.2, 0.25) is 0 Å². The van der Waals surface area contributed by atoms with Crippen LogP contribution in [0.3, 0.4) is 0 Å². The smallest absolute Gasteiger partial charge is 0.256 e. The summed E-state index contributed by atoms with van der Waals surface area (Å²) in [5, 5.41) is 6.92. The summed E-state index contributed by atoms with van der Waals surface area (Å²) >= 11 is 1.53. The van der Waals surface area contributed by atoms with E-state index in [2.05, 4.69) is 17.4 Å². The summed E-state index contributed by atoms with van der Waals surface area (Å²) in [5.41, 5.74) is 3.66. The van der Waals surface area contributed by atoms with Crippen molar-refractivity contribution >= 4 is 29.3 Å². The quantitative estimate of drug-likeness (QED) is 0.464. The first-order valence-corrected chi connectivity index (χ1v) is 12.3. The van der Waals surface area contributed by atoms with Crippen molar-refractivity contribution in [3.8, 4) is 0 Å². The Balaban J connectivity index is 1.46. The predicted molar refractivity (Wildman–Crippen MR) is 131 cm³/mol. The SMILES string of the molecule is Cc1cc(CSc2ccccc2C(=O)Nc2ccc(C(=O)N3CCCCC3C)cc2C)on1. The van der Waals surface area contributed by atoms with Crippen LogP contribution in [0.25, 0.3) is 0 Å². The van der Waals surface area contributed by atoms with Gasteiger partial charge in [-0.15, -0.1) is 11.8 Å². The molecule has 33 heavy (non-hydrogen) atoms. The minimum absolute atomic E-state index is 0.0626. The number of aryl methyl sites for hydroxylation is 2. The van der Waals surface area contributed by atoms with Crippen molar-refractivity contribution in [2.24, 2.45) is 0 Å². The summed E-state index contributed by atoms with van der Waals surface area (Å²) in [7, 11) is 0. The van der Waals surface area contributed by atoms with Crippen LogP contribution in [0.4, 0.5) is 5.69 Å². The standard InChI is InChI=1S/C26H29N3O3S/c1-17-14-20(26(31)29-13-7-6-8-19(29)3)11-12-23(17)27-25(30)22-9-4-5-10-24(22)33-16-21-15-18(2)28-32-21/h4-5,9-12,14-15,19H,6-8,13,16H2,1-3H3,(H,27,30). The number of thioether (sulfide) groups is 1. The number of carbonyl (C=O) groups excluding carboxylic acids is 2. The second-order valence-corrected chi connectivity index (χ2v) is 9.56. The van der Waals surface area contributed by atoms with Gasteiger partial charge in [-0.1, -0.05) is 17.3 Å². The highest BCUT2D eigenvalue weighted by Crippen LogP contribution is 2.28. The molecule has 1 aliphatic rings. The summed E-state index contributed by atoms with van der Waals surface area (Å²) in [6, 6.07) is 15.2. The van der Waals surface area contributed by atoms with Crippen LogP contribution in [0.15, 0.2) is 57.9 Å². The van der Waals surface area contributed by atoms with Crippen molar-refractivity contribution in [2.75, 3.05) is 11.9 Å². The van der Waals surface area contributed by atoms with Gasteiger partial charge in [-0.25, -0.2) is 0 Å². The van der Waals surface area contributed by atoms with E-state index in [1.807, 2.05) is 61.2 Å². The lowest BCUT2D eigenvalue weighted by Gasteiger charge is -2.33. The van der Waals surface area contributed by atoms with Crippen molar-refractivity contribution in [1.29, 1.82) is 0 Å². The third-order valence-corrected chi connectivity index (χ3v) is 7.06. The molecular weight excluding hydrogens is 434 g/mol. The molecule has 1 aliphatic heterocycles. The second kappa shape index (κ2) is 10.3. The lowest BCUT2D eigenvalue weighted by molar-refractivity contribution is 0.0635. The molecule has 2 aromatic carbocycles. The molecule has 0 aliphatic carbocycles. The number of anilines is 1. The Bertz CT molecular complexity index is 1160. The highest BCUT2D eigenvalue weighted by atomic mass is 32.2. The fourth-order valence-corrected chi connectivity index (χ4v) is 5.03. The molecule has 1 N–H and O–H groups in total. The summed E-state index contributed by atoms with van der Waals surface area (Å²) in [6.07, 6.45) is 3.27. The Morgan fingerprint density at radius 3 is 2.70 bits per heavy atom. The number of hydrogen-bond acceptors (Lipinski definition) is 5. The molecule has 1 fully saturated rings. The Hall–Kier alpha value is -3.06. The number of likely N-dealkylation sites (tertiary alicyclic amines) is 1. The summed E-state index contributed by atoms with van der Waals surface area (Å²) in [4.78, 5) is 28.9. The fraction of sp³-hybridized carbons (Fsp3) is 0.346. The molecule has 1 unspecified atom stereocenters. The largest absolute Gasteiger partial charge is 0.360 e. The van der Waals surface area contributed by atoms with Crippen LogP contribution in [0, 0.1) is 13.8 Å². The lowest BCUT2D eigenvalue weighted by Crippen LogP contribution is -2.42. The third-order valence-electron chi connectivity index (χ3n) is 5.96. The zero-order chi connectivity index (χ0) is 23.4. The number of carbonyl (C=O) groups is 2. The van der Waals surface area contributed by atoms with Crippen molar-refractivity contribution in [2.45, 2.75) is 56.7 Å². The van der Waals surface area contributed by atoms with Gasteiger partial charge >= 0.3 is 0 Å². The second-order valence-electron chi connectivity index (χ2n) is 8.55. The fourth-order valence-electron chi connectivity index (χ4n) is 4.11. The van der Waals surface area contributed by atoms with E-state index in [0.29, 0.717) is 22.6 Å². The van der Waals surface area contributed by atoms with Crippen LogP contribution in [0.5, 0.6) is 0 Å². The molecule has 0 spiro atoms. The van der Waals surface area contributed by atoms with Gasteiger partial charge in [0.1, 0.15) is 5.76 Å². The first-order valence-electron chi connectivity index (χ1n) is 11.3. The number of amides is 2. The average Bonchev–Trinajstić information content (AvgIpc) is 3.24. The zero-order valence-corrected chi connectivity index (χ0v) is 20.1. The van der Waals surface area contributed by atoms with E-state index in [1.165, 1.54) is 18.2 Å². The first kappa shape index (κ1) is 23.1. The lowest BCUT2D eigenvalue weighted by atomic mass is 10.0. The van der Waals surface area contributed by atoms with Crippen LogP contribution in [-0.4, -0.2) is 34.5 Å². The molecule has 2 heterocycles. The zero-order valence-electron chi connectivity index (χ0n) is 19.3. The number of benzene rings is 2. The summed E-state index contributed by atoms with van der Waals surface area (Å²) in [5.74, 6) is 1.24. The monoisotopic (exact) mass is 463 g/mol. The molecule has 7 heteroatoms. The van der Waals surface area contributed by atoms with Crippen molar-refractivity contribution in [1.82, 2.24) is 10.1 Å². The van der Waals surface area contributed by atoms with Crippen LogP contribution in [-0.2, 0) is 5.75 Å². The maximum Gasteiger partial charge on any atom is 0.256 e. The molecule has 1 saturated heterocycles. The maximum atomic E-state index is 13.1. The average molecular weight is 464 g/mol. The van der Waals surface area contributed by atoms with E-state index in [4.69, 9.17) is 4.52 Å². The van der Waals surface area contributed by atoms with Crippen LogP contribution in [0.2, 0.25) is 0 Å². The van der Waals surface area contributed by atoms with Crippen LogP contribution in [0.1, 0.15) is 63.9 Å². The number of piperidine rings is 1. The molecular formula is C26H29N3O3S. The van der Waals surface area contributed by atoms with E-state index >= 15 is 0 Å². The van der Waals surface area contributed by atoms with E-state index in [-0.39, 0.29) is 17.9 Å². The molecule has 0 radical (unpaired) electrons. The molecule has 1 aromatic heterocycles. The van der Waals surface area contributed by atoms with Crippen molar-refractivity contribution in [3.63, 3.8) is 0 Å². The van der Waals surface area contributed by atoms with E-state index in [9.17, 15) is 9.59 Å². The van der Waals surface area contributed by atoms with E-state index in [1.54, 1.807) is 6.07 Å².